The molecule has 1 N–H and O–H groups in total. The third kappa shape index (κ3) is 2.66. The van der Waals surface area contributed by atoms with Crippen LogP contribution in [0.4, 0.5) is 0 Å². The lowest BCUT2D eigenvalue weighted by molar-refractivity contribution is 0.588. The maximum absolute atomic E-state index is 4.27. The minimum atomic E-state index is 0.384. The van der Waals surface area contributed by atoms with E-state index < -0.39 is 0 Å². The Morgan fingerprint density at radius 2 is 2.43 bits per heavy atom. The highest BCUT2D eigenvalue weighted by Gasteiger charge is 2.14. The number of nitrogens with one attached hydrogen (secondary N) is 1. The lowest BCUT2D eigenvalue weighted by Crippen LogP contribution is -2.16. The molecule has 0 aliphatic rings. The van der Waals surface area contributed by atoms with Crippen molar-refractivity contribution < 1.29 is 0 Å². The van der Waals surface area contributed by atoms with E-state index in [0.29, 0.717) is 6.04 Å². The fourth-order valence-corrected chi connectivity index (χ4v) is 2.32. The summed E-state index contributed by atoms with van der Waals surface area (Å²) in [6.07, 6.45) is 2.06. The van der Waals surface area contributed by atoms with Gasteiger partial charge in [-0.2, -0.15) is 0 Å². The molecule has 1 unspecified atom stereocenters. The second-order valence-electron chi connectivity index (χ2n) is 3.45. The minimum Gasteiger partial charge on any atom is -0.312 e. The van der Waals surface area contributed by atoms with Gasteiger partial charge in [-0.25, -0.2) is 4.98 Å². The zero-order valence-electron chi connectivity index (χ0n) is 9.13. The van der Waals surface area contributed by atoms with Crippen LogP contribution in [0.2, 0.25) is 0 Å². The zero-order valence-corrected chi connectivity index (χ0v) is 9.95. The SMILES string of the molecule is C=C(CC)CC(NC)c1scnc1C. The molecule has 1 aromatic heterocycles. The van der Waals surface area contributed by atoms with Crippen molar-refractivity contribution in [3.8, 4) is 0 Å². The van der Waals surface area contributed by atoms with E-state index in [0.717, 1.165) is 18.5 Å². The van der Waals surface area contributed by atoms with Crippen molar-refractivity contribution in [3.05, 3.63) is 28.2 Å². The van der Waals surface area contributed by atoms with Crippen LogP contribution < -0.4 is 5.32 Å². The fourth-order valence-electron chi connectivity index (χ4n) is 1.40. The number of hydrogen-bond acceptors (Lipinski definition) is 3. The normalized spacial score (nSPS) is 12.8. The molecule has 1 aromatic rings. The molecule has 2 nitrogen and oxygen atoms in total. The lowest BCUT2D eigenvalue weighted by Gasteiger charge is -2.15. The second kappa shape index (κ2) is 5.27. The summed E-state index contributed by atoms with van der Waals surface area (Å²) >= 11 is 1.72. The van der Waals surface area contributed by atoms with Gasteiger partial charge in [0.05, 0.1) is 11.2 Å². The summed E-state index contributed by atoms with van der Waals surface area (Å²) < 4.78 is 0. The first-order chi connectivity index (χ1) is 6.69. The molecule has 0 amide bonds. The fraction of sp³-hybridized carbons (Fsp3) is 0.545. The molecule has 0 aliphatic heterocycles. The van der Waals surface area contributed by atoms with Gasteiger partial charge in [0.2, 0.25) is 0 Å². The Morgan fingerprint density at radius 1 is 1.71 bits per heavy atom. The van der Waals surface area contributed by atoms with Crippen LogP contribution in [0.3, 0.4) is 0 Å². The molecule has 0 saturated heterocycles. The average Bonchev–Trinajstić information content (AvgIpc) is 2.60. The second-order valence-corrected chi connectivity index (χ2v) is 4.34. The van der Waals surface area contributed by atoms with Crippen molar-refractivity contribution in [2.75, 3.05) is 7.05 Å². The Bertz CT molecular complexity index is 304. The van der Waals surface area contributed by atoms with Gasteiger partial charge < -0.3 is 5.32 Å². The number of nitrogens with zero attached hydrogens (tertiary/aromatic N) is 1. The molecule has 0 aliphatic carbocycles. The predicted molar refractivity (Wildman–Crippen MR) is 62.7 cm³/mol. The molecule has 0 aromatic carbocycles. The highest BCUT2D eigenvalue weighted by atomic mass is 32.1. The Balaban J connectivity index is 2.72. The molecule has 0 spiro atoms. The zero-order chi connectivity index (χ0) is 10.6. The van der Waals surface area contributed by atoms with Crippen LogP contribution in [0.5, 0.6) is 0 Å². The van der Waals surface area contributed by atoms with Crippen LogP contribution in [0.1, 0.15) is 36.4 Å². The van der Waals surface area contributed by atoms with Crippen LogP contribution in [0.25, 0.3) is 0 Å². The third-order valence-electron chi connectivity index (χ3n) is 2.44. The Hall–Kier alpha value is -0.670. The van der Waals surface area contributed by atoms with Gasteiger partial charge in [0.1, 0.15) is 0 Å². The molecule has 1 rings (SSSR count). The first-order valence-corrected chi connectivity index (χ1v) is 5.80. The van der Waals surface area contributed by atoms with Crippen molar-refractivity contribution in [1.29, 1.82) is 0 Å². The summed E-state index contributed by atoms with van der Waals surface area (Å²) in [5.41, 5.74) is 4.33. The van der Waals surface area contributed by atoms with Gasteiger partial charge in [0.15, 0.2) is 0 Å². The molecular formula is C11H18N2S. The molecule has 14 heavy (non-hydrogen) atoms. The van der Waals surface area contributed by atoms with Gasteiger partial charge in [-0.1, -0.05) is 19.1 Å². The molecular weight excluding hydrogens is 192 g/mol. The molecule has 3 heteroatoms. The molecule has 1 heterocycles. The third-order valence-corrected chi connectivity index (χ3v) is 3.49. The first kappa shape index (κ1) is 11.4. The summed E-state index contributed by atoms with van der Waals surface area (Å²) in [6, 6.07) is 0.384. The van der Waals surface area contributed by atoms with E-state index in [1.165, 1.54) is 10.5 Å². The van der Waals surface area contributed by atoms with E-state index >= 15 is 0 Å². The predicted octanol–water partition coefficient (Wildman–Crippen LogP) is 3.07. The first-order valence-electron chi connectivity index (χ1n) is 4.92. The molecule has 0 saturated carbocycles. The van der Waals surface area contributed by atoms with Gasteiger partial charge in [-0.3, -0.25) is 0 Å². The molecule has 0 bridgehead atoms. The highest BCUT2D eigenvalue weighted by Crippen LogP contribution is 2.26. The standard InChI is InChI=1S/C11H18N2S/c1-5-8(2)6-10(12-4)11-9(3)13-7-14-11/h7,10,12H,2,5-6H2,1,3-4H3. The topological polar surface area (TPSA) is 24.9 Å². The van der Waals surface area contributed by atoms with Crippen molar-refractivity contribution in [3.63, 3.8) is 0 Å². The van der Waals surface area contributed by atoms with E-state index in [1.54, 1.807) is 11.3 Å². The number of aromatic nitrogens is 1. The van der Waals surface area contributed by atoms with Gasteiger partial charge >= 0.3 is 0 Å². The van der Waals surface area contributed by atoms with Gasteiger partial charge in [0, 0.05) is 10.9 Å². The van der Waals surface area contributed by atoms with Crippen LogP contribution in [-0.2, 0) is 0 Å². The van der Waals surface area contributed by atoms with Gasteiger partial charge in [-0.05, 0) is 26.8 Å². The van der Waals surface area contributed by atoms with Crippen LogP contribution in [-0.4, -0.2) is 12.0 Å². The van der Waals surface area contributed by atoms with Gasteiger partial charge in [-0.15, -0.1) is 11.3 Å². The summed E-state index contributed by atoms with van der Waals surface area (Å²) in [7, 11) is 1.99. The lowest BCUT2D eigenvalue weighted by atomic mass is 10.0. The molecule has 0 fully saturated rings. The monoisotopic (exact) mass is 210 g/mol. The Morgan fingerprint density at radius 3 is 2.86 bits per heavy atom. The summed E-state index contributed by atoms with van der Waals surface area (Å²) in [6.45, 7) is 8.25. The summed E-state index contributed by atoms with van der Waals surface area (Å²) in [5.74, 6) is 0. The van der Waals surface area contributed by atoms with Crippen molar-refractivity contribution in [1.82, 2.24) is 10.3 Å². The quantitative estimate of drug-likeness (QED) is 0.755. The van der Waals surface area contributed by atoms with E-state index in [-0.39, 0.29) is 0 Å². The summed E-state index contributed by atoms with van der Waals surface area (Å²) in [4.78, 5) is 5.60. The number of thiazole rings is 1. The van der Waals surface area contributed by atoms with E-state index in [1.807, 2.05) is 12.6 Å². The number of aryl methyl sites for hydroxylation is 1. The van der Waals surface area contributed by atoms with Crippen LogP contribution >= 0.6 is 11.3 Å². The maximum atomic E-state index is 4.27. The average molecular weight is 210 g/mol. The smallest absolute Gasteiger partial charge is 0.0798 e. The largest absolute Gasteiger partial charge is 0.312 e. The Kier molecular flexibility index (Phi) is 4.29. The molecule has 0 radical (unpaired) electrons. The molecule has 1 atom stereocenters. The van der Waals surface area contributed by atoms with E-state index in [2.05, 4.69) is 30.7 Å². The number of hydrogen-bond donors (Lipinski definition) is 1. The maximum Gasteiger partial charge on any atom is 0.0798 e. The van der Waals surface area contributed by atoms with Gasteiger partial charge in [0.25, 0.3) is 0 Å². The van der Waals surface area contributed by atoms with Crippen molar-refractivity contribution in [2.45, 2.75) is 32.7 Å². The van der Waals surface area contributed by atoms with Crippen LogP contribution in [0.15, 0.2) is 17.7 Å². The summed E-state index contributed by atoms with van der Waals surface area (Å²) in [5, 5.41) is 3.32. The number of rotatable bonds is 5. The van der Waals surface area contributed by atoms with Crippen LogP contribution in [0, 0.1) is 6.92 Å². The van der Waals surface area contributed by atoms with E-state index in [4.69, 9.17) is 0 Å². The van der Waals surface area contributed by atoms with E-state index in [9.17, 15) is 0 Å². The molecule has 78 valence electrons. The Labute approximate surface area is 90.1 Å². The minimum absolute atomic E-state index is 0.384. The van der Waals surface area contributed by atoms with Crippen molar-refractivity contribution >= 4 is 11.3 Å². The highest BCUT2D eigenvalue weighted by molar-refractivity contribution is 7.09. The van der Waals surface area contributed by atoms with Crippen molar-refractivity contribution in [2.24, 2.45) is 0 Å².